The Balaban J connectivity index is 2.13. The molecule has 1 aromatic heterocycles. The Hall–Kier alpha value is -2.33. The lowest BCUT2D eigenvalue weighted by Crippen LogP contribution is -1.98. The van der Waals surface area contributed by atoms with Gasteiger partial charge in [-0.2, -0.15) is 0 Å². The number of fused-ring (bicyclic) bond motifs is 1. The third-order valence-corrected chi connectivity index (χ3v) is 3.80. The van der Waals surface area contributed by atoms with Crippen LogP contribution in [0, 0.1) is 0 Å². The quantitative estimate of drug-likeness (QED) is 0.721. The Morgan fingerprint density at radius 3 is 2.82 bits per heavy atom. The van der Waals surface area contributed by atoms with Gasteiger partial charge in [0, 0.05) is 17.1 Å². The van der Waals surface area contributed by atoms with E-state index in [4.69, 9.17) is 11.6 Å². The summed E-state index contributed by atoms with van der Waals surface area (Å²) in [4.78, 5) is 9.15. The van der Waals surface area contributed by atoms with Crippen LogP contribution in [0.2, 0.25) is 5.02 Å². The van der Waals surface area contributed by atoms with E-state index < -0.39 is 0 Å². The van der Waals surface area contributed by atoms with Gasteiger partial charge in [0.25, 0.3) is 0 Å². The van der Waals surface area contributed by atoms with Gasteiger partial charge in [-0.15, -0.1) is 0 Å². The van der Waals surface area contributed by atoms with Crippen LogP contribution < -0.4 is 0 Å². The zero-order valence-electron chi connectivity index (χ0n) is 12.4. The molecule has 0 aliphatic heterocycles. The molecule has 3 aromatic rings. The number of phenols is 1. The predicted molar refractivity (Wildman–Crippen MR) is 90.4 cm³/mol. The number of aromatic nitrogens is 2. The number of aromatic hydroxyl groups is 1. The standard InChI is InChI=1S/C17H16ClN3O/c1-3-21-15-7-5-4-6-14(15)20-17(21)19-11(2)13-10-12(18)8-9-16(13)22/h4-10,22H,3H2,1-2H3. The molecule has 112 valence electrons. The highest BCUT2D eigenvalue weighted by atomic mass is 35.5. The number of halogens is 1. The van der Waals surface area contributed by atoms with E-state index in [0.29, 0.717) is 22.2 Å². The molecule has 0 atom stereocenters. The van der Waals surface area contributed by atoms with Crippen molar-refractivity contribution in [2.75, 3.05) is 0 Å². The molecule has 2 aromatic carbocycles. The minimum atomic E-state index is 0.157. The van der Waals surface area contributed by atoms with E-state index in [2.05, 4.69) is 16.9 Å². The molecule has 0 bridgehead atoms. The second-order valence-electron chi connectivity index (χ2n) is 5.00. The highest BCUT2D eigenvalue weighted by Gasteiger charge is 2.11. The summed E-state index contributed by atoms with van der Waals surface area (Å²) in [5.41, 5.74) is 3.24. The summed E-state index contributed by atoms with van der Waals surface area (Å²) in [6.07, 6.45) is 0. The SMILES string of the molecule is CCn1c(N=C(C)c2cc(Cl)ccc2O)nc2ccccc21. The van der Waals surface area contributed by atoms with E-state index in [1.165, 1.54) is 0 Å². The molecular formula is C17H16ClN3O. The molecule has 0 spiro atoms. The van der Waals surface area contributed by atoms with Crippen molar-refractivity contribution in [2.45, 2.75) is 20.4 Å². The summed E-state index contributed by atoms with van der Waals surface area (Å²) >= 11 is 6.00. The van der Waals surface area contributed by atoms with E-state index in [0.717, 1.165) is 17.6 Å². The second-order valence-corrected chi connectivity index (χ2v) is 5.44. The van der Waals surface area contributed by atoms with Crippen LogP contribution >= 0.6 is 11.6 Å². The monoisotopic (exact) mass is 313 g/mol. The highest BCUT2D eigenvalue weighted by molar-refractivity contribution is 6.31. The Bertz CT molecular complexity index is 867. The molecule has 0 radical (unpaired) electrons. The fraction of sp³-hybridized carbons (Fsp3) is 0.176. The van der Waals surface area contributed by atoms with E-state index in [9.17, 15) is 5.11 Å². The summed E-state index contributed by atoms with van der Waals surface area (Å²) in [6.45, 7) is 4.66. The number of para-hydroxylation sites is 2. The van der Waals surface area contributed by atoms with Gasteiger partial charge in [0.15, 0.2) is 0 Å². The Morgan fingerprint density at radius 1 is 1.27 bits per heavy atom. The van der Waals surface area contributed by atoms with Gasteiger partial charge in [-0.1, -0.05) is 23.7 Å². The summed E-state index contributed by atoms with van der Waals surface area (Å²) in [5, 5.41) is 10.5. The minimum Gasteiger partial charge on any atom is -0.507 e. The van der Waals surface area contributed by atoms with Gasteiger partial charge in [-0.3, -0.25) is 0 Å². The Morgan fingerprint density at radius 2 is 2.05 bits per heavy atom. The van der Waals surface area contributed by atoms with Crippen LogP contribution in [0.1, 0.15) is 19.4 Å². The number of aliphatic imine (C=N–C) groups is 1. The van der Waals surface area contributed by atoms with Gasteiger partial charge in [0.2, 0.25) is 5.95 Å². The van der Waals surface area contributed by atoms with Gasteiger partial charge < -0.3 is 9.67 Å². The summed E-state index contributed by atoms with van der Waals surface area (Å²) < 4.78 is 2.04. The molecule has 0 fully saturated rings. The van der Waals surface area contributed by atoms with Crippen LogP contribution in [0.5, 0.6) is 5.75 Å². The van der Waals surface area contributed by atoms with Crippen molar-refractivity contribution in [3.05, 3.63) is 53.1 Å². The average molecular weight is 314 g/mol. The van der Waals surface area contributed by atoms with E-state index in [1.807, 2.05) is 35.8 Å². The number of benzene rings is 2. The topological polar surface area (TPSA) is 50.4 Å². The fourth-order valence-corrected chi connectivity index (χ4v) is 2.64. The maximum Gasteiger partial charge on any atom is 0.230 e. The number of hydrogen-bond donors (Lipinski definition) is 1. The van der Waals surface area contributed by atoms with Crippen molar-refractivity contribution in [3.63, 3.8) is 0 Å². The lowest BCUT2D eigenvalue weighted by molar-refractivity contribution is 0.474. The summed E-state index contributed by atoms with van der Waals surface area (Å²) in [7, 11) is 0. The van der Waals surface area contributed by atoms with Gasteiger partial charge in [-0.05, 0) is 44.2 Å². The lowest BCUT2D eigenvalue weighted by Gasteiger charge is -2.06. The van der Waals surface area contributed by atoms with Crippen molar-refractivity contribution in [1.29, 1.82) is 0 Å². The fourth-order valence-electron chi connectivity index (χ4n) is 2.47. The highest BCUT2D eigenvalue weighted by Crippen LogP contribution is 2.26. The molecule has 0 saturated carbocycles. The zero-order valence-corrected chi connectivity index (χ0v) is 13.2. The van der Waals surface area contributed by atoms with Crippen molar-refractivity contribution in [3.8, 4) is 5.75 Å². The largest absolute Gasteiger partial charge is 0.507 e. The number of nitrogens with zero attached hydrogens (tertiary/aromatic N) is 3. The number of imidazole rings is 1. The molecule has 3 rings (SSSR count). The van der Waals surface area contributed by atoms with Crippen molar-refractivity contribution in [2.24, 2.45) is 4.99 Å². The molecule has 1 heterocycles. The first-order valence-electron chi connectivity index (χ1n) is 7.09. The molecule has 22 heavy (non-hydrogen) atoms. The van der Waals surface area contributed by atoms with Gasteiger partial charge in [0.1, 0.15) is 5.75 Å². The van der Waals surface area contributed by atoms with Gasteiger partial charge in [-0.25, -0.2) is 9.98 Å². The van der Waals surface area contributed by atoms with E-state index in [1.54, 1.807) is 18.2 Å². The summed E-state index contributed by atoms with van der Waals surface area (Å²) in [6, 6.07) is 12.9. The molecule has 0 amide bonds. The molecule has 5 heteroatoms. The number of rotatable bonds is 3. The smallest absolute Gasteiger partial charge is 0.230 e. The first-order valence-corrected chi connectivity index (χ1v) is 7.47. The summed E-state index contributed by atoms with van der Waals surface area (Å²) in [5.74, 6) is 0.783. The zero-order chi connectivity index (χ0) is 15.7. The van der Waals surface area contributed by atoms with Crippen LogP contribution in [-0.2, 0) is 6.54 Å². The maximum absolute atomic E-state index is 9.98. The van der Waals surface area contributed by atoms with Crippen LogP contribution in [0.25, 0.3) is 11.0 Å². The average Bonchev–Trinajstić information content (AvgIpc) is 2.86. The normalized spacial score (nSPS) is 12.0. The van der Waals surface area contributed by atoms with Crippen LogP contribution in [0.15, 0.2) is 47.5 Å². The third kappa shape index (κ3) is 2.57. The Kier molecular flexibility index (Phi) is 3.86. The maximum atomic E-state index is 9.98. The van der Waals surface area contributed by atoms with E-state index in [-0.39, 0.29) is 5.75 Å². The molecule has 0 unspecified atom stereocenters. The van der Waals surface area contributed by atoms with Crippen molar-refractivity contribution >= 4 is 34.3 Å². The van der Waals surface area contributed by atoms with E-state index >= 15 is 0 Å². The number of hydrogen-bond acceptors (Lipinski definition) is 3. The minimum absolute atomic E-state index is 0.157. The number of aryl methyl sites for hydroxylation is 1. The van der Waals surface area contributed by atoms with Gasteiger partial charge in [0.05, 0.1) is 16.7 Å². The van der Waals surface area contributed by atoms with Crippen LogP contribution in [0.4, 0.5) is 5.95 Å². The molecule has 0 aliphatic rings. The van der Waals surface area contributed by atoms with Crippen molar-refractivity contribution in [1.82, 2.24) is 9.55 Å². The van der Waals surface area contributed by atoms with Crippen LogP contribution in [0.3, 0.4) is 0 Å². The molecule has 1 N–H and O–H groups in total. The molecule has 0 saturated heterocycles. The third-order valence-electron chi connectivity index (χ3n) is 3.57. The molecular weight excluding hydrogens is 298 g/mol. The lowest BCUT2D eigenvalue weighted by atomic mass is 10.1. The molecule has 0 aliphatic carbocycles. The molecule has 4 nitrogen and oxygen atoms in total. The van der Waals surface area contributed by atoms with Crippen molar-refractivity contribution < 1.29 is 5.11 Å². The van der Waals surface area contributed by atoms with Crippen LogP contribution in [-0.4, -0.2) is 20.4 Å². The Labute approximate surface area is 133 Å². The predicted octanol–water partition coefficient (Wildman–Crippen LogP) is 4.56. The number of phenolic OH excluding ortho intramolecular Hbond substituents is 1. The second kappa shape index (κ2) is 5.81. The van der Waals surface area contributed by atoms with Gasteiger partial charge >= 0.3 is 0 Å². The first-order chi connectivity index (χ1) is 10.6. The first kappa shape index (κ1) is 14.6.